The minimum Gasteiger partial charge on any atom is -0.506 e. The van der Waals surface area contributed by atoms with E-state index in [0.717, 1.165) is 15.6 Å². The Labute approximate surface area is 155 Å². The lowest BCUT2D eigenvalue weighted by molar-refractivity contribution is 0.415. The van der Waals surface area contributed by atoms with Crippen LogP contribution in [-0.4, -0.2) is 33.1 Å². The van der Waals surface area contributed by atoms with Crippen LogP contribution in [0.3, 0.4) is 0 Å². The van der Waals surface area contributed by atoms with E-state index in [1.165, 1.54) is 12.5 Å². The Morgan fingerprint density at radius 1 is 1.35 bits per heavy atom. The molecule has 0 amide bonds. The van der Waals surface area contributed by atoms with E-state index in [1.807, 2.05) is 18.2 Å². The van der Waals surface area contributed by atoms with E-state index in [9.17, 15) is 9.90 Å². The number of phenols is 1. The summed E-state index contributed by atoms with van der Waals surface area (Å²) in [6, 6.07) is 10.6. The van der Waals surface area contributed by atoms with E-state index in [1.54, 1.807) is 25.3 Å². The fraction of sp³-hybridized carbons (Fsp3) is 0.0556. The summed E-state index contributed by atoms with van der Waals surface area (Å²) in [5.74, 6) is 0.739. The Morgan fingerprint density at radius 3 is 3.00 bits per heavy atom. The number of rotatable bonds is 3. The van der Waals surface area contributed by atoms with Crippen molar-refractivity contribution in [2.75, 3.05) is 7.11 Å². The summed E-state index contributed by atoms with van der Waals surface area (Å²) in [6.07, 6.45) is 2.76. The van der Waals surface area contributed by atoms with Gasteiger partial charge in [0.25, 0.3) is 5.56 Å². The number of aromatic hydroxyl groups is 1. The van der Waals surface area contributed by atoms with Gasteiger partial charge in [0.1, 0.15) is 28.9 Å². The molecule has 0 aliphatic rings. The van der Waals surface area contributed by atoms with Crippen LogP contribution in [0, 0.1) is 0 Å². The Bertz CT molecular complexity index is 1230. The zero-order valence-corrected chi connectivity index (χ0v) is 15.2. The molecule has 0 saturated heterocycles. The number of H-pyrrole nitrogens is 1. The topological polar surface area (TPSA) is 92.5 Å². The number of ether oxygens (including phenoxy) is 1. The number of para-hydroxylation sites is 1. The number of benzene rings is 2. The molecule has 0 radical (unpaired) electrons. The summed E-state index contributed by atoms with van der Waals surface area (Å²) in [7, 11) is 1.58. The molecule has 0 aliphatic carbocycles. The Morgan fingerprint density at radius 2 is 2.19 bits per heavy atom. The standard InChI is InChI=1S/C18H13BrN4O3/c1-26-11-5-6-12-14(7-11)22-16-15(12)20-9-23(18(16)25)21-8-10-3-2-4-13(19)17(10)24/h2-9,22,24H,1H3/b21-8+. The van der Waals surface area contributed by atoms with Gasteiger partial charge in [-0.15, -0.1) is 0 Å². The third kappa shape index (κ3) is 2.64. The highest BCUT2D eigenvalue weighted by atomic mass is 79.9. The van der Waals surface area contributed by atoms with Crippen molar-refractivity contribution in [2.45, 2.75) is 0 Å². The zero-order valence-electron chi connectivity index (χ0n) is 13.6. The predicted molar refractivity (Wildman–Crippen MR) is 103 cm³/mol. The summed E-state index contributed by atoms with van der Waals surface area (Å²) in [5.41, 5.74) is 1.83. The molecule has 0 aliphatic heterocycles. The Hall–Kier alpha value is -3.13. The molecule has 2 heterocycles. The number of halogens is 1. The number of hydrogen-bond acceptors (Lipinski definition) is 5. The number of nitrogens with one attached hydrogen (secondary N) is 1. The van der Waals surface area contributed by atoms with E-state index in [4.69, 9.17) is 4.74 Å². The zero-order chi connectivity index (χ0) is 18.3. The lowest BCUT2D eigenvalue weighted by atomic mass is 10.2. The third-order valence-electron chi connectivity index (χ3n) is 4.04. The smallest absolute Gasteiger partial charge is 0.298 e. The predicted octanol–water partition coefficient (Wildman–Crippen LogP) is 3.24. The molecule has 4 rings (SSSR count). The summed E-state index contributed by atoms with van der Waals surface area (Å²) in [6.45, 7) is 0. The Kier molecular flexibility index (Phi) is 3.96. The molecular weight excluding hydrogens is 400 g/mol. The average molecular weight is 413 g/mol. The first-order chi connectivity index (χ1) is 12.6. The molecule has 2 N–H and O–H groups in total. The molecule has 2 aromatic heterocycles. The van der Waals surface area contributed by atoms with Gasteiger partial charge in [-0.2, -0.15) is 9.78 Å². The van der Waals surface area contributed by atoms with E-state index in [2.05, 4.69) is 31.0 Å². The maximum absolute atomic E-state index is 12.7. The molecule has 7 nitrogen and oxygen atoms in total. The van der Waals surface area contributed by atoms with Crippen LogP contribution < -0.4 is 10.3 Å². The Balaban J connectivity index is 1.83. The quantitative estimate of drug-likeness (QED) is 0.505. The van der Waals surface area contributed by atoms with Crippen LogP contribution in [0.4, 0.5) is 0 Å². The number of phenolic OH excluding ortho intramolecular Hbond substituents is 1. The van der Waals surface area contributed by atoms with Crippen LogP contribution in [0.5, 0.6) is 11.5 Å². The van der Waals surface area contributed by atoms with Crippen LogP contribution in [0.15, 0.2) is 57.1 Å². The largest absolute Gasteiger partial charge is 0.506 e. The van der Waals surface area contributed by atoms with Crippen molar-refractivity contribution in [3.8, 4) is 11.5 Å². The van der Waals surface area contributed by atoms with Crippen LogP contribution in [-0.2, 0) is 0 Å². The van der Waals surface area contributed by atoms with Gasteiger partial charge >= 0.3 is 0 Å². The molecule has 0 fully saturated rings. The number of fused-ring (bicyclic) bond motifs is 3. The highest BCUT2D eigenvalue weighted by Gasteiger charge is 2.11. The number of nitrogens with zero attached hydrogens (tertiary/aromatic N) is 3. The van der Waals surface area contributed by atoms with Gasteiger partial charge in [0.15, 0.2) is 0 Å². The van der Waals surface area contributed by atoms with Crippen LogP contribution >= 0.6 is 15.9 Å². The summed E-state index contributed by atoms with van der Waals surface area (Å²) in [4.78, 5) is 20.1. The second-order valence-electron chi connectivity index (χ2n) is 5.58. The van der Waals surface area contributed by atoms with E-state index in [-0.39, 0.29) is 11.3 Å². The second kappa shape index (κ2) is 6.30. The van der Waals surface area contributed by atoms with Crippen molar-refractivity contribution in [2.24, 2.45) is 5.10 Å². The normalized spacial score (nSPS) is 11.6. The molecule has 2 aromatic carbocycles. The van der Waals surface area contributed by atoms with Gasteiger partial charge in [-0.05, 0) is 40.2 Å². The fourth-order valence-corrected chi connectivity index (χ4v) is 3.08. The van der Waals surface area contributed by atoms with Crippen molar-refractivity contribution >= 4 is 44.1 Å². The first kappa shape index (κ1) is 16.3. The van der Waals surface area contributed by atoms with Gasteiger partial charge < -0.3 is 14.8 Å². The number of aromatic amines is 1. The van der Waals surface area contributed by atoms with E-state index in [0.29, 0.717) is 26.8 Å². The van der Waals surface area contributed by atoms with Gasteiger partial charge in [0.2, 0.25) is 0 Å². The van der Waals surface area contributed by atoms with Crippen molar-refractivity contribution in [3.05, 3.63) is 63.1 Å². The van der Waals surface area contributed by atoms with Crippen LogP contribution in [0.1, 0.15) is 5.56 Å². The first-order valence-corrected chi connectivity index (χ1v) is 8.46. The fourth-order valence-electron chi connectivity index (χ4n) is 2.70. The number of hydrogen-bond donors (Lipinski definition) is 2. The molecule has 0 unspecified atom stereocenters. The van der Waals surface area contributed by atoms with Crippen molar-refractivity contribution in [1.82, 2.24) is 14.6 Å². The van der Waals surface area contributed by atoms with E-state index >= 15 is 0 Å². The minimum absolute atomic E-state index is 0.0519. The summed E-state index contributed by atoms with van der Waals surface area (Å²) < 4.78 is 6.87. The van der Waals surface area contributed by atoms with Crippen LogP contribution in [0.25, 0.3) is 21.9 Å². The summed E-state index contributed by atoms with van der Waals surface area (Å²) >= 11 is 3.24. The lowest BCUT2D eigenvalue weighted by Crippen LogP contribution is -2.17. The second-order valence-corrected chi connectivity index (χ2v) is 6.43. The summed E-state index contributed by atoms with van der Waals surface area (Å²) in [5, 5.41) is 15.0. The lowest BCUT2D eigenvalue weighted by Gasteiger charge is -2.01. The highest BCUT2D eigenvalue weighted by Crippen LogP contribution is 2.26. The monoisotopic (exact) mass is 412 g/mol. The van der Waals surface area contributed by atoms with Crippen molar-refractivity contribution in [1.29, 1.82) is 0 Å². The van der Waals surface area contributed by atoms with Gasteiger partial charge in [-0.3, -0.25) is 4.79 Å². The molecule has 130 valence electrons. The molecule has 8 heteroatoms. The average Bonchev–Trinajstić information content (AvgIpc) is 3.03. The molecule has 0 spiro atoms. The van der Waals surface area contributed by atoms with E-state index < -0.39 is 0 Å². The third-order valence-corrected chi connectivity index (χ3v) is 4.68. The maximum atomic E-state index is 12.7. The number of methoxy groups -OCH3 is 1. The molecule has 0 atom stereocenters. The molecule has 0 bridgehead atoms. The number of aromatic nitrogens is 3. The molecule has 26 heavy (non-hydrogen) atoms. The highest BCUT2D eigenvalue weighted by molar-refractivity contribution is 9.10. The SMILES string of the molecule is COc1ccc2c(c1)[nH]c1c(=O)n(/N=C/c3cccc(Br)c3O)cnc12. The van der Waals surface area contributed by atoms with Gasteiger partial charge in [-0.25, -0.2) is 4.98 Å². The maximum Gasteiger partial charge on any atom is 0.298 e. The van der Waals surface area contributed by atoms with Crippen molar-refractivity contribution in [3.63, 3.8) is 0 Å². The molecular formula is C18H13BrN4O3. The van der Waals surface area contributed by atoms with Crippen molar-refractivity contribution < 1.29 is 9.84 Å². The van der Waals surface area contributed by atoms with Gasteiger partial charge in [0.05, 0.1) is 23.3 Å². The first-order valence-electron chi connectivity index (χ1n) is 7.67. The van der Waals surface area contributed by atoms with Gasteiger partial charge in [-0.1, -0.05) is 6.07 Å². The van der Waals surface area contributed by atoms with Gasteiger partial charge in [0, 0.05) is 17.0 Å². The minimum atomic E-state index is -0.337. The molecule has 0 saturated carbocycles. The van der Waals surface area contributed by atoms with Crippen LogP contribution in [0.2, 0.25) is 0 Å². The molecule has 4 aromatic rings.